The van der Waals surface area contributed by atoms with E-state index >= 15 is 0 Å². The number of urea groups is 1. The molecule has 0 aliphatic heterocycles. The molecule has 3 amide bonds. The molecule has 6 heteroatoms. The van der Waals surface area contributed by atoms with E-state index in [0.717, 1.165) is 18.4 Å². The van der Waals surface area contributed by atoms with Gasteiger partial charge in [-0.25, -0.2) is 9.18 Å². The summed E-state index contributed by atoms with van der Waals surface area (Å²) in [5.41, 5.74) is 0.803. The van der Waals surface area contributed by atoms with Gasteiger partial charge in [-0.15, -0.1) is 0 Å². The van der Waals surface area contributed by atoms with Crippen molar-refractivity contribution in [3.05, 3.63) is 35.6 Å². The van der Waals surface area contributed by atoms with Gasteiger partial charge in [-0.05, 0) is 30.5 Å². The third kappa shape index (κ3) is 4.95. The van der Waals surface area contributed by atoms with Crippen LogP contribution in [0.3, 0.4) is 0 Å². The molecule has 0 spiro atoms. The molecule has 3 N–H and O–H groups in total. The number of halogens is 1. The molecule has 0 radical (unpaired) electrons. The maximum atomic E-state index is 12.7. The third-order valence-corrected chi connectivity index (χ3v) is 2.73. The van der Waals surface area contributed by atoms with Crippen LogP contribution in [-0.4, -0.2) is 24.5 Å². The van der Waals surface area contributed by atoms with Crippen molar-refractivity contribution >= 4 is 11.9 Å². The molecule has 19 heavy (non-hydrogen) atoms. The first-order chi connectivity index (χ1) is 9.13. The van der Waals surface area contributed by atoms with E-state index in [1.165, 1.54) is 12.1 Å². The fourth-order valence-corrected chi connectivity index (χ4v) is 1.49. The van der Waals surface area contributed by atoms with E-state index < -0.39 is 0 Å². The second kappa shape index (κ2) is 6.17. The van der Waals surface area contributed by atoms with Crippen LogP contribution in [0.5, 0.6) is 0 Å². The van der Waals surface area contributed by atoms with E-state index in [4.69, 9.17) is 0 Å². The molecule has 102 valence electrons. The number of hydrogen-bond donors (Lipinski definition) is 3. The first kappa shape index (κ1) is 13.3. The first-order valence-electron chi connectivity index (χ1n) is 6.19. The Hall–Kier alpha value is -2.11. The van der Waals surface area contributed by atoms with Gasteiger partial charge in [0, 0.05) is 12.6 Å². The van der Waals surface area contributed by atoms with Crippen LogP contribution in [0.2, 0.25) is 0 Å². The first-order valence-corrected chi connectivity index (χ1v) is 6.19. The van der Waals surface area contributed by atoms with Crippen molar-refractivity contribution in [2.45, 2.75) is 25.4 Å². The number of benzene rings is 1. The molecule has 1 fully saturated rings. The zero-order valence-corrected chi connectivity index (χ0v) is 10.4. The molecule has 0 saturated heterocycles. The largest absolute Gasteiger partial charge is 0.350 e. The molecule has 1 aromatic carbocycles. The van der Waals surface area contributed by atoms with Gasteiger partial charge in [-0.2, -0.15) is 0 Å². The molecule has 1 aliphatic carbocycles. The van der Waals surface area contributed by atoms with Gasteiger partial charge < -0.3 is 16.0 Å². The van der Waals surface area contributed by atoms with E-state index in [-0.39, 0.29) is 30.3 Å². The Morgan fingerprint density at radius 1 is 1.16 bits per heavy atom. The Kier molecular flexibility index (Phi) is 4.33. The molecule has 1 aromatic rings. The van der Waals surface area contributed by atoms with Crippen LogP contribution in [0.1, 0.15) is 18.4 Å². The van der Waals surface area contributed by atoms with Gasteiger partial charge in [0.25, 0.3) is 0 Å². The summed E-state index contributed by atoms with van der Waals surface area (Å²) in [4.78, 5) is 22.7. The lowest BCUT2D eigenvalue weighted by Crippen LogP contribution is -2.42. The van der Waals surface area contributed by atoms with Crippen molar-refractivity contribution in [1.82, 2.24) is 16.0 Å². The zero-order valence-electron chi connectivity index (χ0n) is 10.4. The number of rotatable bonds is 5. The second-order valence-corrected chi connectivity index (χ2v) is 4.50. The summed E-state index contributed by atoms with van der Waals surface area (Å²) in [6.07, 6.45) is 2.01. The van der Waals surface area contributed by atoms with Gasteiger partial charge in [0.1, 0.15) is 5.82 Å². The molecule has 1 aliphatic rings. The molecule has 1 saturated carbocycles. The summed E-state index contributed by atoms with van der Waals surface area (Å²) in [5.74, 6) is -0.594. The molecule has 2 rings (SSSR count). The lowest BCUT2D eigenvalue weighted by Gasteiger charge is -2.07. The summed E-state index contributed by atoms with van der Waals surface area (Å²) in [6, 6.07) is 5.82. The normalized spacial score (nSPS) is 13.7. The maximum Gasteiger partial charge on any atom is 0.315 e. The highest BCUT2D eigenvalue weighted by atomic mass is 19.1. The van der Waals surface area contributed by atoms with E-state index in [1.54, 1.807) is 12.1 Å². The van der Waals surface area contributed by atoms with Crippen LogP contribution in [0.15, 0.2) is 24.3 Å². The fraction of sp³-hybridized carbons (Fsp3) is 0.385. The Balaban J connectivity index is 1.63. The van der Waals surface area contributed by atoms with Gasteiger partial charge in [0.2, 0.25) is 5.91 Å². The molecule has 5 nitrogen and oxygen atoms in total. The summed E-state index contributed by atoms with van der Waals surface area (Å²) in [7, 11) is 0. The third-order valence-electron chi connectivity index (χ3n) is 2.73. The van der Waals surface area contributed by atoms with Crippen LogP contribution in [0, 0.1) is 5.82 Å². The Bertz CT molecular complexity index is 457. The van der Waals surface area contributed by atoms with Gasteiger partial charge >= 0.3 is 6.03 Å². The molecule has 0 aromatic heterocycles. The quantitative estimate of drug-likeness (QED) is 0.740. The molecule has 0 bridgehead atoms. The topological polar surface area (TPSA) is 70.2 Å². The summed E-state index contributed by atoms with van der Waals surface area (Å²) in [6.45, 7) is 0.241. The minimum absolute atomic E-state index is 0.0697. The smallest absolute Gasteiger partial charge is 0.315 e. The monoisotopic (exact) mass is 265 g/mol. The van der Waals surface area contributed by atoms with Crippen molar-refractivity contribution in [1.29, 1.82) is 0 Å². The number of nitrogens with one attached hydrogen (secondary N) is 3. The van der Waals surface area contributed by atoms with Crippen LogP contribution >= 0.6 is 0 Å². The highest BCUT2D eigenvalue weighted by molar-refractivity contribution is 5.84. The van der Waals surface area contributed by atoms with E-state index in [0.29, 0.717) is 6.54 Å². The Labute approximate surface area is 110 Å². The molecular formula is C13H16FN3O2. The second-order valence-electron chi connectivity index (χ2n) is 4.50. The number of amides is 3. The average molecular weight is 265 g/mol. The number of carbonyl (C=O) groups excluding carboxylic acids is 2. The summed E-state index contributed by atoms with van der Waals surface area (Å²) < 4.78 is 12.7. The lowest BCUT2D eigenvalue weighted by molar-refractivity contribution is -0.120. The lowest BCUT2D eigenvalue weighted by atomic mass is 10.2. The Morgan fingerprint density at radius 3 is 2.47 bits per heavy atom. The highest BCUT2D eigenvalue weighted by Crippen LogP contribution is 2.18. The number of carbonyl (C=O) groups is 2. The van der Waals surface area contributed by atoms with Gasteiger partial charge in [-0.3, -0.25) is 4.79 Å². The highest BCUT2D eigenvalue weighted by Gasteiger charge is 2.23. The van der Waals surface area contributed by atoms with Gasteiger partial charge in [0.05, 0.1) is 6.54 Å². The Morgan fingerprint density at radius 2 is 1.84 bits per heavy atom. The fourth-order valence-electron chi connectivity index (χ4n) is 1.49. The van der Waals surface area contributed by atoms with Crippen molar-refractivity contribution < 1.29 is 14.0 Å². The predicted molar refractivity (Wildman–Crippen MR) is 67.8 cm³/mol. The van der Waals surface area contributed by atoms with Crippen molar-refractivity contribution in [2.24, 2.45) is 0 Å². The molecule has 0 atom stereocenters. The van der Waals surface area contributed by atoms with Crippen LogP contribution in [-0.2, 0) is 11.3 Å². The summed E-state index contributed by atoms with van der Waals surface area (Å²) >= 11 is 0. The molecule has 0 unspecified atom stereocenters. The van der Waals surface area contributed by atoms with Crippen LogP contribution in [0.4, 0.5) is 9.18 Å². The van der Waals surface area contributed by atoms with E-state index in [9.17, 15) is 14.0 Å². The molecular weight excluding hydrogens is 249 g/mol. The maximum absolute atomic E-state index is 12.7. The van der Waals surface area contributed by atoms with E-state index in [2.05, 4.69) is 16.0 Å². The summed E-state index contributed by atoms with van der Waals surface area (Å²) in [5, 5.41) is 7.83. The number of hydrogen-bond acceptors (Lipinski definition) is 2. The van der Waals surface area contributed by atoms with Gasteiger partial charge in [-0.1, -0.05) is 12.1 Å². The predicted octanol–water partition coefficient (Wildman–Crippen LogP) is 0.903. The van der Waals surface area contributed by atoms with Crippen molar-refractivity contribution in [3.8, 4) is 0 Å². The molecule has 0 heterocycles. The average Bonchev–Trinajstić information content (AvgIpc) is 3.19. The minimum Gasteiger partial charge on any atom is -0.350 e. The van der Waals surface area contributed by atoms with Crippen LogP contribution in [0.25, 0.3) is 0 Å². The van der Waals surface area contributed by atoms with Crippen LogP contribution < -0.4 is 16.0 Å². The zero-order chi connectivity index (χ0) is 13.7. The SMILES string of the molecule is O=C(CNC(=O)NC1CC1)NCc1ccc(F)cc1. The van der Waals surface area contributed by atoms with E-state index in [1.807, 2.05) is 0 Å². The van der Waals surface area contributed by atoms with Gasteiger partial charge in [0.15, 0.2) is 0 Å². The van der Waals surface area contributed by atoms with Crippen molar-refractivity contribution in [2.75, 3.05) is 6.54 Å². The standard InChI is InChI=1S/C13H16FN3O2/c14-10-3-1-9(2-4-10)7-15-12(18)8-16-13(19)17-11-5-6-11/h1-4,11H,5-8H2,(H,15,18)(H2,16,17,19). The minimum atomic E-state index is -0.320. The van der Waals surface area contributed by atoms with Crippen molar-refractivity contribution in [3.63, 3.8) is 0 Å².